The van der Waals surface area contributed by atoms with Gasteiger partial charge in [0, 0.05) is 10.5 Å². The average Bonchev–Trinajstić information content (AvgIpc) is 2.25. The smallest absolute Gasteiger partial charge is 0.255 e. The summed E-state index contributed by atoms with van der Waals surface area (Å²) >= 11 is 8.23. The highest BCUT2D eigenvalue weighted by molar-refractivity contribution is 9.10. The average molecular weight is 315 g/mol. The number of thiocarbonyl (C=S) groups is 1. The molecule has 0 radical (unpaired) electrons. The normalized spacial score (nSPS) is 10.4. The zero-order valence-corrected chi connectivity index (χ0v) is 12.2. The fourth-order valence-corrected chi connectivity index (χ4v) is 2.04. The Hall–Kier alpha value is -0.940. The lowest BCUT2D eigenvalue weighted by molar-refractivity contribution is 0.0735. The fraction of sp³-hybridized carbons (Fsp3) is 0.333. The summed E-state index contributed by atoms with van der Waals surface area (Å²) in [6, 6.07) is 7.37. The van der Waals surface area contributed by atoms with Crippen LogP contribution in [-0.4, -0.2) is 28.4 Å². The summed E-state index contributed by atoms with van der Waals surface area (Å²) in [4.78, 5) is 14.3. The molecule has 1 amide bonds. The van der Waals surface area contributed by atoms with Gasteiger partial charge < -0.3 is 10.6 Å². The van der Waals surface area contributed by atoms with E-state index in [0.717, 1.165) is 4.47 Å². The van der Waals surface area contributed by atoms with Crippen LogP contribution in [0.4, 0.5) is 0 Å². The lowest BCUT2D eigenvalue weighted by Gasteiger charge is -2.26. The highest BCUT2D eigenvalue weighted by atomic mass is 79.9. The summed E-state index contributed by atoms with van der Waals surface area (Å²) in [5, 5.41) is 0. The Balaban J connectivity index is 3.00. The largest absolute Gasteiger partial charge is 0.392 e. The van der Waals surface area contributed by atoms with Crippen LogP contribution in [0.2, 0.25) is 0 Å². The lowest BCUT2D eigenvalue weighted by atomic mass is 10.1. The standard InChI is InChI=1S/C12H15BrN2OS/c1-8(2)15(7-11(14)17)12(16)9-5-3-4-6-10(9)13/h3-6,8H,7H2,1-2H3,(H2,14,17). The maximum Gasteiger partial charge on any atom is 0.255 e. The van der Waals surface area contributed by atoms with E-state index >= 15 is 0 Å². The van der Waals surface area contributed by atoms with Crippen LogP contribution in [0.1, 0.15) is 24.2 Å². The molecule has 0 aliphatic heterocycles. The van der Waals surface area contributed by atoms with Gasteiger partial charge in [0.25, 0.3) is 5.91 Å². The molecule has 17 heavy (non-hydrogen) atoms. The van der Waals surface area contributed by atoms with Crippen LogP contribution in [0.5, 0.6) is 0 Å². The summed E-state index contributed by atoms with van der Waals surface area (Å²) in [5.41, 5.74) is 6.13. The van der Waals surface area contributed by atoms with Crippen molar-refractivity contribution in [1.29, 1.82) is 0 Å². The van der Waals surface area contributed by atoms with E-state index in [4.69, 9.17) is 18.0 Å². The van der Waals surface area contributed by atoms with Crippen LogP contribution in [-0.2, 0) is 0 Å². The van der Waals surface area contributed by atoms with E-state index in [0.29, 0.717) is 17.1 Å². The maximum atomic E-state index is 12.3. The molecule has 2 N–H and O–H groups in total. The first-order valence-electron chi connectivity index (χ1n) is 5.27. The molecule has 92 valence electrons. The fourth-order valence-electron chi connectivity index (χ4n) is 1.45. The third-order valence-corrected chi connectivity index (χ3v) is 3.14. The molecule has 0 atom stereocenters. The van der Waals surface area contributed by atoms with Crippen molar-refractivity contribution in [2.75, 3.05) is 6.54 Å². The third-order valence-electron chi connectivity index (χ3n) is 2.31. The zero-order chi connectivity index (χ0) is 13.0. The highest BCUT2D eigenvalue weighted by Gasteiger charge is 2.20. The summed E-state index contributed by atoms with van der Waals surface area (Å²) in [5.74, 6) is -0.0692. The van der Waals surface area contributed by atoms with Gasteiger partial charge in [-0.05, 0) is 41.9 Å². The summed E-state index contributed by atoms with van der Waals surface area (Å²) in [6.45, 7) is 4.17. The molecular weight excluding hydrogens is 300 g/mol. The molecule has 0 fully saturated rings. The number of halogens is 1. The Labute approximate surface area is 115 Å². The quantitative estimate of drug-likeness (QED) is 0.869. The number of nitrogens with zero attached hydrogens (tertiary/aromatic N) is 1. The van der Waals surface area contributed by atoms with Crippen molar-refractivity contribution in [3.8, 4) is 0 Å². The molecule has 0 aromatic heterocycles. The Morgan fingerprint density at radius 2 is 2.06 bits per heavy atom. The Morgan fingerprint density at radius 1 is 1.47 bits per heavy atom. The molecule has 0 aliphatic rings. The van der Waals surface area contributed by atoms with Crippen molar-refractivity contribution in [3.05, 3.63) is 34.3 Å². The minimum Gasteiger partial charge on any atom is -0.392 e. The van der Waals surface area contributed by atoms with Gasteiger partial charge in [-0.25, -0.2) is 0 Å². The van der Waals surface area contributed by atoms with Crippen molar-refractivity contribution >= 4 is 39.0 Å². The molecule has 0 unspecified atom stereocenters. The minimum absolute atomic E-state index is 0.0520. The van der Waals surface area contributed by atoms with Crippen LogP contribution in [0, 0.1) is 0 Å². The molecule has 0 spiro atoms. The van der Waals surface area contributed by atoms with E-state index in [-0.39, 0.29) is 11.9 Å². The number of nitrogens with two attached hydrogens (primary N) is 1. The van der Waals surface area contributed by atoms with Crippen LogP contribution in [0.3, 0.4) is 0 Å². The third kappa shape index (κ3) is 3.78. The van der Waals surface area contributed by atoms with E-state index in [1.807, 2.05) is 32.0 Å². The summed E-state index contributed by atoms with van der Waals surface area (Å²) in [6.07, 6.45) is 0. The number of rotatable bonds is 4. The molecule has 0 aliphatic carbocycles. The predicted molar refractivity (Wildman–Crippen MR) is 77.1 cm³/mol. The molecule has 1 aromatic rings. The van der Waals surface area contributed by atoms with Crippen molar-refractivity contribution in [2.24, 2.45) is 5.73 Å². The Bertz CT molecular complexity index is 434. The van der Waals surface area contributed by atoms with Gasteiger partial charge >= 0.3 is 0 Å². The molecule has 0 saturated heterocycles. The second kappa shape index (κ2) is 6.12. The molecule has 1 rings (SSSR count). The van der Waals surface area contributed by atoms with E-state index in [1.165, 1.54) is 0 Å². The van der Waals surface area contributed by atoms with Crippen LogP contribution in [0.15, 0.2) is 28.7 Å². The number of carbonyl (C=O) groups is 1. The Morgan fingerprint density at radius 3 is 2.53 bits per heavy atom. The summed E-state index contributed by atoms with van der Waals surface area (Å²) < 4.78 is 0.776. The van der Waals surface area contributed by atoms with Crippen LogP contribution < -0.4 is 5.73 Å². The van der Waals surface area contributed by atoms with Gasteiger partial charge in [0.1, 0.15) is 0 Å². The molecule has 3 nitrogen and oxygen atoms in total. The number of hydrogen-bond donors (Lipinski definition) is 1. The zero-order valence-electron chi connectivity index (χ0n) is 9.81. The monoisotopic (exact) mass is 314 g/mol. The second-order valence-electron chi connectivity index (χ2n) is 3.97. The second-order valence-corrected chi connectivity index (χ2v) is 5.35. The first-order valence-corrected chi connectivity index (χ1v) is 6.47. The predicted octanol–water partition coefficient (Wildman–Crippen LogP) is 2.59. The van der Waals surface area contributed by atoms with Crippen LogP contribution in [0.25, 0.3) is 0 Å². The van der Waals surface area contributed by atoms with Gasteiger partial charge in [0.05, 0.1) is 17.1 Å². The minimum atomic E-state index is -0.0692. The molecule has 0 heterocycles. The van der Waals surface area contributed by atoms with Gasteiger partial charge in [-0.3, -0.25) is 4.79 Å². The van der Waals surface area contributed by atoms with Crippen molar-refractivity contribution in [2.45, 2.75) is 19.9 Å². The van der Waals surface area contributed by atoms with E-state index in [1.54, 1.807) is 11.0 Å². The Kier molecular flexibility index (Phi) is 5.08. The maximum absolute atomic E-state index is 12.3. The van der Waals surface area contributed by atoms with Gasteiger partial charge in [0.15, 0.2) is 0 Å². The van der Waals surface area contributed by atoms with Gasteiger partial charge in [-0.1, -0.05) is 24.4 Å². The molecule has 1 aromatic carbocycles. The number of hydrogen-bond acceptors (Lipinski definition) is 2. The van der Waals surface area contributed by atoms with Gasteiger partial charge in [-0.15, -0.1) is 0 Å². The molecular formula is C12H15BrN2OS. The van der Waals surface area contributed by atoms with E-state index in [2.05, 4.69) is 15.9 Å². The first-order chi connectivity index (χ1) is 7.93. The van der Waals surface area contributed by atoms with Gasteiger partial charge in [-0.2, -0.15) is 0 Å². The lowest BCUT2D eigenvalue weighted by Crippen LogP contribution is -2.42. The highest BCUT2D eigenvalue weighted by Crippen LogP contribution is 2.18. The molecule has 0 saturated carbocycles. The topological polar surface area (TPSA) is 46.3 Å². The molecule has 0 bridgehead atoms. The number of benzene rings is 1. The first kappa shape index (κ1) is 14.1. The van der Waals surface area contributed by atoms with Crippen molar-refractivity contribution < 1.29 is 4.79 Å². The van der Waals surface area contributed by atoms with Crippen molar-refractivity contribution in [1.82, 2.24) is 4.90 Å². The molecule has 5 heteroatoms. The SMILES string of the molecule is CC(C)N(CC(N)=S)C(=O)c1ccccc1Br. The van der Waals surface area contributed by atoms with Crippen molar-refractivity contribution in [3.63, 3.8) is 0 Å². The number of carbonyl (C=O) groups excluding carboxylic acids is 1. The van der Waals surface area contributed by atoms with E-state index < -0.39 is 0 Å². The van der Waals surface area contributed by atoms with E-state index in [9.17, 15) is 4.79 Å². The number of amides is 1. The summed E-state index contributed by atoms with van der Waals surface area (Å²) in [7, 11) is 0. The van der Waals surface area contributed by atoms with Gasteiger partial charge in [0.2, 0.25) is 0 Å². The van der Waals surface area contributed by atoms with Crippen LogP contribution >= 0.6 is 28.1 Å².